The molecule has 0 rings (SSSR count). The van der Waals surface area contributed by atoms with Gasteiger partial charge in [-0.3, -0.25) is 0 Å². The Bertz CT molecular complexity index is 217. The van der Waals surface area contributed by atoms with Crippen LogP contribution in [0.5, 0.6) is 0 Å². The maximum atomic E-state index is 11.0. The van der Waals surface area contributed by atoms with E-state index in [1.54, 1.807) is 13.0 Å². The van der Waals surface area contributed by atoms with Crippen molar-refractivity contribution in [1.29, 1.82) is 0 Å². The molecule has 0 fully saturated rings. The summed E-state index contributed by atoms with van der Waals surface area (Å²) in [6.45, 7) is 6.69. The number of allylic oxidation sites excluding steroid dienone is 1. The highest BCUT2D eigenvalue weighted by atomic mass is 28.2. The van der Waals surface area contributed by atoms with Crippen LogP contribution in [0, 0.1) is 0 Å². The lowest BCUT2D eigenvalue weighted by Gasteiger charge is -2.15. The summed E-state index contributed by atoms with van der Waals surface area (Å²) in [5.74, 6) is -0.243. The van der Waals surface area contributed by atoms with E-state index in [9.17, 15) is 4.79 Å². The van der Waals surface area contributed by atoms with Crippen LogP contribution in [0.2, 0.25) is 6.04 Å². The van der Waals surface area contributed by atoms with E-state index >= 15 is 0 Å². The van der Waals surface area contributed by atoms with E-state index in [2.05, 4.69) is 13.8 Å². The minimum Gasteiger partial charge on any atom is -0.463 e. The number of carbonyl (C=O) groups is 1. The van der Waals surface area contributed by atoms with Crippen LogP contribution in [0.25, 0.3) is 0 Å². The third-order valence-corrected chi connectivity index (χ3v) is 4.00. The lowest BCUT2D eigenvalue weighted by Crippen LogP contribution is -2.14. The average Bonchev–Trinajstić information content (AvgIpc) is 2.32. The molecule has 17 heavy (non-hydrogen) atoms. The molecule has 0 amide bonds. The lowest BCUT2D eigenvalue weighted by atomic mass is 10.2. The van der Waals surface area contributed by atoms with Crippen LogP contribution in [0.15, 0.2) is 12.2 Å². The Balaban J connectivity index is 3.36. The summed E-state index contributed by atoms with van der Waals surface area (Å²) in [5, 5.41) is 0. The molecule has 0 radical (unpaired) electrons. The van der Waals surface area contributed by atoms with Gasteiger partial charge in [0.05, 0.1) is 6.61 Å². The molecule has 0 saturated carbocycles. The summed E-state index contributed by atoms with van der Waals surface area (Å²) in [7, 11) is -0.433. The minimum atomic E-state index is -0.433. The number of hydrogen-bond acceptors (Lipinski definition) is 3. The molecule has 0 aromatic rings. The molecule has 100 valence electrons. The van der Waals surface area contributed by atoms with Gasteiger partial charge in [0.2, 0.25) is 0 Å². The Morgan fingerprint density at radius 3 is 2.76 bits per heavy atom. The molecule has 0 aromatic heterocycles. The second-order valence-electron chi connectivity index (χ2n) is 4.06. The molecule has 0 aromatic carbocycles. The van der Waals surface area contributed by atoms with Crippen molar-refractivity contribution in [1.82, 2.24) is 0 Å². The highest BCUT2D eigenvalue weighted by molar-refractivity contribution is 6.27. The molecule has 0 aliphatic heterocycles. The molecule has 1 atom stereocenters. The van der Waals surface area contributed by atoms with Gasteiger partial charge in [-0.15, -0.1) is 0 Å². The van der Waals surface area contributed by atoms with E-state index in [1.807, 2.05) is 0 Å². The molecular weight excluding hydrogens is 232 g/mol. The SMILES string of the molecule is CC=CC(=O)OCCC[SiH2]OC(CC)CCC. The molecule has 4 heteroatoms. The quantitative estimate of drug-likeness (QED) is 0.261. The van der Waals surface area contributed by atoms with Gasteiger partial charge in [-0.25, -0.2) is 4.79 Å². The predicted octanol–water partition coefficient (Wildman–Crippen LogP) is 2.59. The summed E-state index contributed by atoms with van der Waals surface area (Å²) in [4.78, 5) is 11.0. The smallest absolute Gasteiger partial charge is 0.330 e. The van der Waals surface area contributed by atoms with Crippen molar-refractivity contribution >= 4 is 15.7 Å². The third-order valence-electron chi connectivity index (χ3n) is 2.51. The molecule has 1 unspecified atom stereocenters. The second-order valence-corrected chi connectivity index (χ2v) is 5.51. The number of esters is 1. The van der Waals surface area contributed by atoms with Gasteiger partial charge in [-0.1, -0.05) is 26.3 Å². The summed E-state index contributed by atoms with van der Waals surface area (Å²) >= 11 is 0. The average molecular weight is 258 g/mol. The highest BCUT2D eigenvalue weighted by Crippen LogP contribution is 2.06. The first-order valence-electron chi connectivity index (χ1n) is 6.65. The fourth-order valence-electron chi connectivity index (χ4n) is 1.54. The van der Waals surface area contributed by atoms with Crippen LogP contribution in [0.4, 0.5) is 0 Å². The molecule has 0 aliphatic rings. The Hall–Kier alpha value is -0.613. The molecule has 0 bridgehead atoms. The predicted molar refractivity (Wildman–Crippen MR) is 73.8 cm³/mol. The normalized spacial score (nSPS) is 13.6. The number of carbonyl (C=O) groups excluding carboxylic acids is 1. The van der Waals surface area contributed by atoms with Crippen LogP contribution >= 0.6 is 0 Å². The molecule has 0 heterocycles. The first-order valence-corrected chi connectivity index (χ1v) is 8.23. The third kappa shape index (κ3) is 10.3. The monoisotopic (exact) mass is 258 g/mol. The molecular formula is C13H26O3Si. The Morgan fingerprint density at radius 2 is 2.18 bits per heavy atom. The second kappa shape index (κ2) is 11.9. The van der Waals surface area contributed by atoms with E-state index in [0.717, 1.165) is 18.9 Å². The van der Waals surface area contributed by atoms with Gasteiger partial charge < -0.3 is 9.16 Å². The van der Waals surface area contributed by atoms with Gasteiger partial charge >= 0.3 is 5.97 Å². The van der Waals surface area contributed by atoms with Crippen molar-refractivity contribution < 1.29 is 14.0 Å². The maximum absolute atomic E-state index is 11.0. The van der Waals surface area contributed by atoms with E-state index < -0.39 is 9.76 Å². The van der Waals surface area contributed by atoms with Crippen molar-refractivity contribution in [2.75, 3.05) is 6.61 Å². The molecule has 3 nitrogen and oxygen atoms in total. The summed E-state index contributed by atoms with van der Waals surface area (Å²) in [6.07, 6.45) is 7.99. The Kier molecular flexibility index (Phi) is 11.4. The van der Waals surface area contributed by atoms with Crippen molar-refractivity contribution in [3.8, 4) is 0 Å². The van der Waals surface area contributed by atoms with Gasteiger partial charge in [0.1, 0.15) is 0 Å². The fourth-order valence-corrected chi connectivity index (χ4v) is 2.85. The summed E-state index contributed by atoms with van der Waals surface area (Å²) < 4.78 is 10.9. The van der Waals surface area contributed by atoms with Crippen molar-refractivity contribution in [3.63, 3.8) is 0 Å². The van der Waals surface area contributed by atoms with Crippen LogP contribution in [0.3, 0.4) is 0 Å². The van der Waals surface area contributed by atoms with Gasteiger partial charge in [0.15, 0.2) is 9.76 Å². The summed E-state index contributed by atoms with van der Waals surface area (Å²) in [6, 6.07) is 1.09. The highest BCUT2D eigenvalue weighted by Gasteiger charge is 2.04. The van der Waals surface area contributed by atoms with E-state index in [4.69, 9.17) is 9.16 Å². The van der Waals surface area contributed by atoms with Gasteiger partial charge in [-0.2, -0.15) is 0 Å². The van der Waals surface area contributed by atoms with Crippen LogP contribution in [-0.2, 0) is 14.0 Å². The van der Waals surface area contributed by atoms with Gasteiger partial charge in [0, 0.05) is 12.2 Å². The summed E-state index contributed by atoms with van der Waals surface area (Å²) in [5.41, 5.74) is 0. The number of hydrogen-bond donors (Lipinski definition) is 0. The maximum Gasteiger partial charge on any atom is 0.330 e. The standard InChI is InChI=1S/C13H26O3Si/c1-4-8-12(6-3)16-17-11-7-10-15-13(14)9-5-2/h5,9,12H,4,6-8,10-11,17H2,1-3H3. The van der Waals surface area contributed by atoms with E-state index in [-0.39, 0.29) is 5.97 Å². The van der Waals surface area contributed by atoms with Gasteiger partial charge in [0.25, 0.3) is 0 Å². The van der Waals surface area contributed by atoms with Crippen LogP contribution < -0.4 is 0 Å². The number of ether oxygens (including phenoxy) is 1. The van der Waals surface area contributed by atoms with Gasteiger partial charge in [-0.05, 0) is 32.2 Å². The molecule has 0 aliphatic carbocycles. The zero-order valence-corrected chi connectivity index (χ0v) is 12.8. The Labute approximate surface area is 108 Å². The molecule has 0 spiro atoms. The van der Waals surface area contributed by atoms with Crippen LogP contribution in [0.1, 0.15) is 46.5 Å². The topological polar surface area (TPSA) is 35.5 Å². The fraction of sp³-hybridized carbons (Fsp3) is 0.769. The van der Waals surface area contributed by atoms with Crippen LogP contribution in [-0.4, -0.2) is 28.4 Å². The molecule has 0 N–H and O–H groups in total. The first kappa shape index (κ1) is 16.4. The van der Waals surface area contributed by atoms with Crippen molar-refractivity contribution in [2.45, 2.75) is 58.6 Å². The zero-order valence-electron chi connectivity index (χ0n) is 11.4. The van der Waals surface area contributed by atoms with Crippen molar-refractivity contribution in [2.24, 2.45) is 0 Å². The van der Waals surface area contributed by atoms with E-state index in [1.165, 1.54) is 18.9 Å². The minimum absolute atomic E-state index is 0.243. The lowest BCUT2D eigenvalue weighted by molar-refractivity contribution is -0.137. The number of rotatable bonds is 10. The Morgan fingerprint density at radius 1 is 1.41 bits per heavy atom. The van der Waals surface area contributed by atoms with Crippen molar-refractivity contribution in [3.05, 3.63) is 12.2 Å². The largest absolute Gasteiger partial charge is 0.463 e. The first-order chi connectivity index (χ1) is 8.24. The zero-order chi connectivity index (χ0) is 12.9. The van der Waals surface area contributed by atoms with E-state index in [0.29, 0.717) is 12.7 Å². The molecule has 0 saturated heterocycles.